The van der Waals surface area contributed by atoms with E-state index in [4.69, 9.17) is 4.74 Å². The van der Waals surface area contributed by atoms with Crippen LogP contribution in [0.25, 0.3) is 6.08 Å². The van der Waals surface area contributed by atoms with Crippen molar-refractivity contribution in [3.63, 3.8) is 0 Å². The lowest BCUT2D eigenvalue weighted by atomic mass is 10.1. The summed E-state index contributed by atoms with van der Waals surface area (Å²) < 4.78 is 5.20. The molecule has 10 nitrogen and oxygen atoms in total. The van der Waals surface area contributed by atoms with Gasteiger partial charge in [-0.15, -0.1) is 0 Å². The Labute approximate surface area is 177 Å². The van der Waals surface area contributed by atoms with Crippen LogP contribution in [-0.2, 0) is 9.59 Å². The van der Waals surface area contributed by atoms with Crippen molar-refractivity contribution in [2.24, 2.45) is 0 Å². The normalized spacial score (nSPS) is 15.4. The van der Waals surface area contributed by atoms with Crippen LogP contribution >= 0.6 is 22.6 Å². The Morgan fingerprint density at radius 3 is 2.45 bits per heavy atom. The summed E-state index contributed by atoms with van der Waals surface area (Å²) in [7, 11) is 1.46. The summed E-state index contributed by atoms with van der Waals surface area (Å²) in [4.78, 5) is 48.3. The van der Waals surface area contributed by atoms with E-state index in [0.29, 0.717) is 5.75 Å². The van der Waals surface area contributed by atoms with Crippen molar-refractivity contribution in [3.8, 4) is 11.5 Å². The number of benzene rings is 2. The van der Waals surface area contributed by atoms with Crippen LogP contribution in [0.1, 0.15) is 5.56 Å². The number of hydrogen-bond acceptors (Lipinski definition) is 7. The fraction of sp³-hybridized carbons (Fsp3) is 0.0556. The number of nitro groups is 1. The van der Waals surface area contributed by atoms with E-state index in [1.54, 1.807) is 34.7 Å². The molecule has 0 atom stereocenters. The fourth-order valence-electron chi connectivity index (χ4n) is 2.62. The maximum atomic E-state index is 12.8. The Kier molecular flexibility index (Phi) is 5.50. The number of hydrogen-bond donors (Lipinski definition) is 2. The van der Waals surface area contributed by atoms with Crippen molar-refractivity contribution in [1.82, 2.24) is 5.32 Å². The van der Waals surface area contributed by atoms with Gasteiger partial charge in [0.05, 0.1) is 21.3 Å². The molecule has 1 fully saturated rings. The number of nitrogens with one attached hydrogen (secondary N) is 1. The quantitative estimate of drug-likeness (QED) is 0.212. The minimum atomic E-state index is -0.935. The van der Waals surface area contributed by atoms with E-state index in [9.17, 15) is 29.6 Å². The van der Waals surface area contributed by atoms with Crippen molar-refractivity contribution >= 4 is 57.9 Å². The highest BCUT2D eigenvalue weighted by molar-refractivity contribution is 14.1. The third-order valence-corrected chi connectivity index (χ3v) is 4.83. The van der Waals surface area contributed by atoms with Crippen LogP contribution in [0, 0.1) is 13.7 Å². The van der Waals surface area contributed by atoms with Crippen LogP contribution in [0.3, 0.4) is 0 Å². The average molecular weight is 509 g/mol. The van der Waals surface area contributed by atoms with E-state index in [2.05, 4.69) is 5.32 Å². The van der Waals surface area contributed by atoms with Crippen LogP contribution in [0.4, 0.5) is 16.2 Å². The number of rotatable bonds is 4. The molecule has 29 heavy (non-hydrogen) atoms. The van der Waals surface area contributed by atoms with E-state index in [1.165, 1.54) is 25.3 Å². The van der Waals surface area contributed by atoms with Gasteiger partial charge in [-0.25, -0.2) is 9.69 Å². The first-order chi connectivity index (χ1) is 13.7. The van der Waals surface area contributed by atoms with Crippen molar-refractivity contribution in [2.45, 2.75) is 0 Å². The summed E-state index contributed by atoms with van der Waals surface area (Å²) in [6.07, 6.45) is 1.12. The second-order valence-corrected chi connectivity index (χ2v) is 6.95. The Hall–Kier alpha value is -3.48. The molecule has 1 aliphatic rings. The van der Waals surface area contributed by atoms with Gasteiger partial charge >= 0.3 is 11.7 Å². The molecular formula is C18H12IN3O7. The monoisotopic (exact) mass is 509 g/mol. The Morgan fingerprint density at radius 1 is 1.21 bits per heavy atom. The Balaban J connectivity index is 2.04. The lowest BCUT2D eigenvalue weighted by Gasteiger charge is -2.26. The molecule has 1 saturated heterocycles. The van der Waals surface area contributed by atoms with Gasteiger partial charge in [0.2, 0.25) is 5.75 Å². The SMILES string of the molecule is COc1ccc(N2C(=O)NC(=O)/C(=C\c3cc(I)c(O)c([N+](=O)[O-])c3)C2=O)cc1. The van der Waals surface area contributed by atoms with Crippen LogP contribution in [0.5, 0.6) is 11.5 Å². The summed E-state index contributed by atoms with van der Waals surface area (Å²) in [5, 5.41) is 22.9. The number of phenols is 1. The highest BCUT2D eigenvalue weighted by Crippen LogP contribution is 2.33. The summed E-state index contributed by atoms with van der Waals surface area (Å²) in [5.41, 5.74) is -0.619. The van der Waals surface area contributed by atoms with Gasteiger partial charge in [0.1, 0.15) is 11.3 Å². The maximum absolute atomic E-state index is 12.8. The average Bonchev–Trinajstić information content (AvgIpc) is 2.67. The van der Waals surface area contributed by atoms with E-state index < -0.39 is 39.8 Å². The number of nitro benzene ring substituents is 1. The lowest BCUT2D eigenvalue weighted by Crippen LogP contribution is -2.54. The molecule has 11 heteroatoms. The maximum Gasteiger partial charge on any atom is 0.335 e. The molecule has 0 unspecified atom stereocenters. The summed E-state index contributed by atoms with van der Waals surface area (Å²) >= 11 is 1.69. The van der Waals surface area contributed by atoms with E-state index in [0.717, 1.165) is 17.0 Å². The summed E-state index contributed by atoms with van der Waals surface area (Å²) in [5.74, 6) is -1.84. The summed E-state index contributed by atoms with van der Waals surface area (Å²) in [6.45, 7) is 0. The predicted molar refractivity (Wildman–Crippen MR) is 109 cm³/mol. The van der Waals surface area contributed by atoms with E-state index >= 15 is 0 Å². The molecule has 1 heterocycles. The number of ether oxygens (including phenoxy) is 1. The molecule has 0 radical (unpaired) electrons. The van der Waals surface area contributed by atoms with Crippen molar-refractivity contribution in [1.29, 1.82) is 0 Å². The van der Waals surface area contributed by atoms with Crippen LogP contribution in [-0.4, -0.2) is 35.0 Å². The number of carbonyl (C=O) groups is 3. The minimum Gasteiger partial charge on any atom is -0.501 e. The van der Waals surface area contributed by atoms with Gasteiger partial charge in [-0.3, -0.25) is 25.0 Å². The first-order valence-corrected chi connectivity index (χ1v) is 9.03. The number of nitrogens with zero attached hydrogens (tertiary/aromatic N) is 2. The first kappa shape index (κ1) is 20.3. The fourth-order valence-corrected chi connectivity index (χ4v) is 3.25. The zero-order chi connectivity index (χ0) is 21.3. The molecule has 0 spiro atoms. The third kappa shape index (κ3) is 3.89. The van der Waals surface area contributed by atoms with Gasteiger partial charge in [-0.05, 0) is 64.6 Å². The molecule has 148 valence electrons. The number of urea groups is 1. The van der Waals surface area contributed by atoms with E-state index in [1.807, 2.05) is 0 Å². The number of methoxy groups -OCH3 is 1. The van der Waals surface area contributed by atoms with Gasteiger partial charge in [-0.2, -0.15) is 0 Å². The highest BCUT2D eigenvalue weighted by Gasteiger charge is 2.37. The van der Waals surface area contributed by atoms with Gasteiger partial charge in [-0.1, -0.05) is 0 Å². The Bertz CT molecular complexity index is 1080. The number of phenolic OH excluding ortho intramolecular Hbond substituents is 1. The molecular weight excluding hydrogens is 497 g/mol. The summed E-state index contributed by atoms with van der Waals surface area (Å²) in [6, 6.07) is 7.50. The van der Waals surface area contributed by atoms with Crippen molar-refractivity contribution in [3.05, 3.63) is 61.2 Å². The molecule has 2 aromatic rings. The molecule has 0 saturated carbocycles. The second kappa shape index (κ2) is 7.87. The number of aromatic hydroxyl groups is 1. The van der Waals surface area contributed by atoms with Crippen molar-refractivity contribution < 1.29 is 29.2 Å². The third-order valence-electron chi connectivity index (χ3n) is 4.01. The lowest BCUT2D eigenvalue weighted by molar-refractivity contribution is -0.386. The molecule has 1 aliphatic heterocycles. The Morgan fingerprint density at radius 2 is 1.86 bits per heavy atom. The largest absolute Gasteiger partial charge is 0.501 e. The minimum absolute atomic E-state index is 0.140. The topological polar surface area (TPSA) is 139 Å². The van der Waals surface area contributed by atoms with Gasteiger partial charge in [0.25, 0.3) is 11.8 Å². The smallest absolute Gasteiger partial charge is 0.335 e. The molecule has 0 aromatic heterocycles. The molecule has 2 aromatic carbocycles. The molecule has 0 aliphatic carbocycles. The number of halogens is 1. The number of carbonyl (C=O) groups excluding carboxylic acids is 3. The van der Waals surface area contributed by atoms with Crippen LogP contribution < -0.4 is 15.0 Å². The van der Waals surface area contributed by atoms with Crippen LogP contribution in [0.15, 0.2) is 42.0 Å². The van der Waals surface area contributed by atoms with Crippen LogP contribution in [0.2, 0.25) is 0 Å². The number of barbiturate groups is 1. The van der Waals surface area contributed by atoms with Crippen molar-refractivity contribution in [2.75, 3.05) is 12.0 Å². The highest BCUT2D eigenvalue weighted by atomic mass is 127. The predicted octanol–water partition coefficient (Wildman–Crippen LogP) is 2.58. The molecule has 3 rings (SSSR count). The molecule has 2 N–H and O–H groups in total. The van der Waals surface area contributed by atoms with E-state index in [-0.39, 0.29) is 14.8 Å². The van der Waals surface area contributed by atoms with Gasteiger partial charge in [0.15, 0.2) is 0 Å². The number of amides is 4. The van der Waals surface area contributed by atoms with Gasteiger partial charge in [0, 0.05) is 6.07 Å². The number of imide groups is 2. The first-order valence-electron chi connectivity index (χ1n) is 7.95. The molecule has 4 amide bonds. The zero-order valence-corrected chi connectivity index (χ0v) is 16.9. The zero-order valence-electron chi connectivity index (χ0n) is 14.7. The molecule has 0 bridgehead atoms. The number of anilines is 1. The van der Waals surface area contributed by atoms with Gasteiger partial charge < -0.3 is 9.84 Å². The standard InChI is InChI=1S/C18H12IN3O7/c1-29-11-4-2-10(3-5-11)21-17(25)12(16(24)20-18(21)26)6-9-7-13(19)15(23)14(8-9)22(27)28/h2-8,23H,1H3,(H,20,24,26)/b12-6+. The second-order valence-electron chi connectivity index (χ2n) is 5.78.